The molecule has 1 aliphatic rings. The van der Waals surface area contributed by atoms with E-state index in [1.54, 1.807) is 22.6 Å². The van der Waals surface area contributed by atoms with Crippen LogP contribution in [0.15, 0.2) is 47.5 Å². The van der Waals surface area contributed by atoms with E-state index >= 15 is 0 Å². The predicted molar refractivity (Wildman–Crippen MR) is 109 cm³/mol. The predicted octanol–water partition coefficient (Wildman–Crippen LogP) is 4.37. The summed E-state index contributed by atoms with van der Waals surface area (Å²) in [5.74, 6) is 1.28. The van der Waals surface area contributed by atoms with Gasteiger partial charge in [-0.25, -0.2) is 13.4 Å². The van der Waals surface area contributed by atoms with Crippen LogP contribution in [0.25, 0.3) is 0 Å². The van der Waals surface area contributed by atoms with Crippen LogP contribution >= 0.6 is 0 Å². The summed E-state index contributed by atoms with van der Waals surface area (Å²) in [6, 6.07) is 10.8. The second-order valence-electron chi connectivity index (χ2n) is 7.66. The van der Waals surface area contributed by atoms with Gasteiger partial charge in [0.25, 0.3) is 0 Å². The minimum absolute atomic E-state index is 0.187. The molecule has 1 aromatic heterocycles. The summed E-state index contributed by atoms with van der Waals surface area (Å²) in [4.78, 5) is 4.86. The zero-order valence-electron chi connectivity index (χ0n) is 16.4. The standard InChI is InChI=1S/C21H29N3O2S/c1-16(2)15-23-21-19(7-6-13-22-21)20-8-4-5-14-24(20)27(25,26)18-11-9-17(3)10-12-18/h6-7,9-13,16,20H,4-5,8,14-15H2,1-3H3,(H,22,23)/t20-/m0/s1. The molecule has 2 heterocycles. The molecule has 6 heteroatoms. The van der Waals surface area contributed by atoms with Crippen molar-refractivity contribution in [2.45, 2.75) is 51.0 Å². The Morgan fingerprint density at radius 3 is 2.63 bits per heavy atom. The van der Waals surface area contributed by atoms with Gasteiger partial charge >= 0.3 is 0 Å². The summed E-state index contributed by atoms with van der Waals surface area (Å²) in [7, 11) is -3.55. The highest BCUT2D eigenvalue weighted by Gasteiger charge is 2.35. The summed E-state index contributed by atoms with van der Waals surface area (Å²) in [5.41, 5.74) is 2.02. The minimum atomic E-state index is -3.55. The highest BCUT2D eigenvalue weighted by atomic mass is 32.2. The Morgan fingerprint density at radius 2 is 1.93 bits per heavy atom. The van der Waals surface area contributed by atoms with Gasteiger partial charge in [-0.15, -0.1) is 0 Å². The van der Waals surface area contributed by atoms with Crippen molar-refractivity contribution in [3.05, 3.63) is 53.7 Å². The molecule has 0 amide bonds. The molecule has 146 valence electrons. The third kappa shape index (κ3) is 4.50. The normalized spacial score (nSPS) is 18.6. The fourth-order valence-corrected chi connectivity index (χ4v) is 5.16. The Bertz CT molecular complexity index is 863. The molecule has 0 aliphatic carbocycles. The highest BCUT2D eigenvalue weighted by Crippen LogP contribution is 2.37. The number of hydrogen-bond donors (Lipinski definition) is 1. The highest BCUT2D eigenvalue weighted by molar-refractivity contribution is 7.89. The lowest BCUT2D eigenvalue weighted by atomic mass is 9.98. The third-order valence-corrected chi connectivity index (χ3v) is 6.88. The molecule has 0 spiro atoms. The number of rotatable bonds is 6. The number of hydrogen-bond acceptors (Lipinski definition) is 4. The quantitative estimate of drug-likeness (QED) is 0.799. The molecule has 27 heavy (non-hydrogen) atoms. The number of pyridine rings is 1. The number of sulfonamides is 1. The van der Waals surface area contributed by atoms with Crippen LogP contribution < -0.4 is 5.32 Å². The van der Waals surface area contributed by atoms with Crippen LogP contribution in [-0.4, -0.2) is 30.8 Å². The molecule has 3 rings (SSSR count). The van der Waals surface area contributed by atoms with E-state index in [9.17, 15) is 8.42 Å². The third-order valence-electron chi connectivity index (χ3n) is 4.96. The molecule has 1 N–H and O–H groups in total. The summed E-state index contributed by atoms with van der Waals surface area (Å²) in [6.07, 6.45) is 4.47. The van der Waals surface area contributed by atoms with Gasteiger partial charge in [-0.05, 0) is 43.9 Å². The molecule has 1 aliphatic heterocycles. The molecule has 0 radical (unpaired) electrons. The van der Waals surface area contributed by atoms with E-state index < -0.39 is 10.0 Å². The van der Waals surface area contributed by atoms with Crippen LogP contribution in [0.5, 0.6) is 0 Å². The molecule has 0 bridgehead atoms. The van der Waals surface area contributed by atoms with E-state index in [0.717, 1.165) is 42.8 Å². The van der Waals surface area contributed by atoms with Gasteiger partial charge in [0, 0.05) is 24.8 Å². The number of anilines is 1. The fourth-order valence-electron chi connectivity index (χ4n) is 3.48. The van der Waals surface area contributed by atoms with Gasteiger partial charge in [-0.2, -0.15) is 4.31 Å². The van der Waals surface area contributed by atoms with Crippen molar-refractivity contribution in [3.8, 4) is 0 Å². The van der Waals surface area contributed by atoms with Crippen molar-refractivity contribution in [3.63, 3.8) is 0 Å². The first-order chi connectivity index (χ1) is 12.9. The number of nitrogens with one attached hydrogen (secondary N) is 1. The summed E-state index contributed by atoms with van der Waals surface area (Å²) < 4.78 is 28.4. The van der Waals surface area contributed by atoms with Gasteiger partial charge < -0.3 is 5.32 Å². The fraction of sp³-hybridized carbons (Fsp3) is 0.476. The average molecular weight is 388 g/mol. The Kier molecular flexibility index (Phi) is 6.17. The van der Waals surface area contributed by atoms with E-state index in [2.05, 4.69) is 24.1 Å². The Morgan fingerprint density at radius 1 is 1.19 bits per heavy atom. The monoisotopic (exact) mass is 387 g/mol. The molecule has 2 aromatic rings. The van der Waals surface area contributed by atoms with Crippen molar-refractivity contribution in [1.82, 2.24) is 9.29 Å². The van der Waals surface area contributed by atoms with Crippen LogP contribution in [0.3, 0.4) is 0 Å². The van der Waals surface area contributed by atoms with Crippen molar-refractivity contribution in [2.24, 2.45) is 5.92 Å². The summed E-state index contributed by atoms with van der Waals surface area (Å²) in [6.45, 7) is 7.60. The van der Waals surface area contributed by atoms with E-state index in [-0.39, 0.29) is 6.04 Å². The number of benzene rings is 1. The first-order valence-electron chi connectivity index (χ1n) is 9.67. The molecule has 0 saturated carbocycles. The average Bonchev–Trinajstić information content (AvgIpc) is 2.67. The number of aromatic nitrogens is 1. The Labute approximate surface area is 162 Å². The molecule has 5 nitrogen and oxygen atoms in total. The van der Waals surface area contributed by atoms with Gasteiger partial charge in [0.2, 0.25) is 10.0 Å². The first-order valence-corrected chi connectivity index (χ1v) is 11.1. The lowest BCUT2D eigenvalue weighted by Crippen LogP contribution is -2.38. The van der Waals surface area contributed by atoms with Crippen molar-refractivity contribution in [2.75, 3.05) is 18.4 Å². The van der Waals surface area contributed by atoms with Crippen LogP contribution in [0, 0.1) is 12.8 Å². The topological polar surface area (TPSA) is 62.3 Å². The molecular weight excluding hydrogens is 358 g/mol. The largest absolute Gasteiger partial charge is 0.370 e. The molecule has 1 saturated heterocycles. The van der Waals surface area contributed by atoms with Crippen molar-refractivity contribution in [1.29, 1.82) is 0 Å². The lowest BCUT2D eigenvalue weighted by molar-refractivity contribution is 0.256. The van der Waals surface area contributed by atoms with Gasteiger partial charge in [-0.3, -0.25) is 0 Å². The molecule has 1 atom stereocenters. The maximum Gasteiger partial charge on any atom is 0.243 e. The smallest absolute Gasteiger partial charge is 0.243 e. The van der Waals surface area contributed by atoms with Crippen molar-refractivity contribution >= 4 is 15.8 Å². The zero-order chi connectivity index (χ0) is 19.4. The van der Waals surface area contributed by atoms with Crippen molar-refractivity contribution < 1.29 is 8.42 Å². The Balaban J connectivity index is 1.96. The summed E-state index contributed by atoms with van der Waals surface area (Å²) in [5, 5.41) is 3.40. The molecule has 1 fully saturated rings. The van der Waals surface area contributed by atoms with E-state index in [1.807, 2.05) is 31.2 Å². The maximum absolute atomic E-state index is 13.3. The van der Waals surface area contributed by atoms with Gasteiger partial charge in [-0.1, -0.05) is 44.0 Å². The second-order valence-corrected chi connectivity index (χ2v) is 9.55. The van der Waals surface area contributed by atoms with E-state index in [0.29, 0.717) is 17.4 Å². The zero-order valence-corrected chi connectivity index (χ0v) is 17.2. The van der Waals surface area contributed by atoms with Gasteiger partial charge in [0.15, 0.2) is 0 Å². The Hall–Kier alpha value is -1.92. The maximum atomic E-state index is 13.3. The first kappa shape index (κ1) is 19.8. The van der Waals surface area contributed by atoms with E-state index in [4.69, 9.17) is 0 Å². The number of piperidine rings is 1. The van der Waals surface area contributed by atoms with Crippen LogP contribution in [0.2, 0.25) is 0 Å². The van der Waals surface area contributed by atoms with Gasteiger partial charge in [0.1, 0.15) is 5.82 Å². The number of aryl methyl sites for hydroxylation is 1. The van der Waals surface area contributed by atoms with Crippen LogP contribution in [0.1, 0.15) is 50.3 Å². The number of nitrogens with zero attached hydrogens (tertiary/aromatic N) is 2. The molecule has 0 unspecified atom stereocenters. The second kappa shape index (κ2) is 8.40. The van der Waals surface area contributed by atoms with Gasteiger partial charge in [0.05, 0.1) is 10.9 Å². The minimum Gasteiger partial charge on any atom is -0.370 e. The molecule has 1 aromatic carbocycles. The summed E-state index contributed by atoms with van der Waals surface area (Å²) >= 11 is 0. The van der Waals surface area contributed by atoms with E-state index in [1.165, 1.54) is 0 Å². The van der Waals surface area contributed by atoms with Crippen LogP contribution in [0.4, 0.5) is 5.82 Å². The SMILES string of the molecule is Cc1ccc(S(=O)(=O)N2CCCC[C@H]2c2cccnc2NCC(C)C)cc1. The molecular formula is C21H29N3O2S. The van der Waals surface area contributed by atoms with Crippen LogP contribution in [-0.2, 0) is 10.0 Å². The lowest BCUT2D eigenvalue weighted by Gasteiger charge is -2.35.